The van der Waals surface area contributed by atoms with Crippen molar-refractivity contribution in [1.82, 2.24) is 30.2 Å². The van der Waals surface area contributed by atoms with Gasteiger partial charge in [0.15, 0.2) is 5.82 Å². The van der Waals surface area contributed by atoms with Crippen molar-refractivity contribution in [3.63, 3.8) is 0 Å². The van der Waals surface area contributed by atoms with E-state index in [1.54, 1.807) is 24.7 Å². The molecule has 0 bridgehead atoms. The number of hydrogen-bond acceptors (Lipinski definition) is 6. The lowest BCUT2D eigenvalue weighted by Gasteiger charge is -2.14. The highest BCUT2D eigenvalue weighted by atomic mass is 16.2. The number of carbonyl (C=O) groups excluding carboxylic acids is 1. The number of nitrogens with one attached hydrogen (secondary N) is 3. The van der Waals surface area contributed by atoms with Crippen LogP contribution in [0.25, 0.3) is 33.5 Å². The predicted octanol–water partition coefficient (Wildman–Crippen LogP) is 4.02. The summed E-state index contributed by atoms with van der Waals surface area (Å²) in [6, 6.07) is 11.3. The number of fused-ring (bicyclic) bond motifs is 1. The van der Waals surface area contributed by atoms with E-state index in [4.69, 9.17) is 0 Å². The van der Waals surface area contributed by atoms with E-state index in [0.29, 0.717) is 29.5 Å². The molecule has 4 aromatic rings. The van der Waals surface area contributed by atoms with Gasteiger partial charge in [0.25, 0.3) is 0 Å². The van der Waals surface area contributed by atoms with E-state index in [9.17, 15) is 10.1 Å². The van der Waals surface area contributed by atoms with E-state index in [1.165, 1.54) is 0 Å². The van der Waals surface area contributed by atoms with E-state index in [0.717, 1.165) is 22.2 Å². The van der Waals surface area contributed by atoms with Gasteiger partial charge in [0, 0.05) is 36.3 Å². The normalized spacial score (nSPS) is 11.2. The molecule has 0 fully saturated rings. The molecule has 4 rings (SSSR count). The average molecular weight is 426 g/mol. The zero-order valence-electron chi connectivity index (χ0n) is 18.0. The van der Waals surface area contributed by atoms with Crippen molar-refractivity contribution in [2.45, 2.75) is 26.2 Å². The third-order valence-corrected chi connectivity index (χ3v) is 4.98. The third kappa shape index (κ3) is 4.11. The molecule has 0 atom stereocenters. The lowest BCUT2D eigenvalue weighted by molar-refractivity contribution is 0.252. The molecule has 0 aliphatic heterocycles. The minimum atomic E-state index is -0.672. The number of carbonyl (C=O) groups is 1. The van der Waals surface area contributed by atoms with Crippen LogP contribution in [-0.2, 0) is 5.41 Å². The molecule has 32 heavy (non-hydrogen) atoms. The summed E-state index contributed by atoms with van der Waals surface area (Å²) in [5.41, 5.74) is 3.86. The largest absolute Gasteiger partial charge is 0.338 e. The summed E-state index contributed by atoms with van der Waals surface area (Å²) in [5, 5.41) is 14.7. The van der Waals surface area contributed by atoms with Gasteiger partial charge in [-0.15, -0.1) is 0 Å². The lowest BCUT2D eigenvalue weighted by Crippen LogP contribution is -2.28. The fourth-order valence-electron chi connectivity index (χ4n) is 3.26. The molecule has 0 aliphatic rings. The summed E-state index contributed by atoms with van der Waals surface area (Å²) in [5.74, 6) is 0.843. The molecule has 0 spiro atoms. The van der Waals surface area contributed by atoms with Gasteiger partial charge in [-0.2, -0.15) is 5.26 Å². The first-order valence-corrected chi connectivity index (χ1v) is 10.2. The quantitative estimate of drug-likeness (QED) is 0.441. The van der Waals surface area contributed by atoms with Gasteiger partial charge in [0.05, 0.1) is 22.7 Å². The fraction of sp³-hybridized carbons (Fsp3) is 0.217. The first-order valence-electron chi connectivity index (χ1n) is 10.2. The molecular formula is C23H22N8O. The molecule has 3 heterocycles. The zero-order valence-corrected chi connectivity index (χ0v) is 18.0. The van der Waals surface area contributed by atoms with Gasteiger partial charge in [-0.1, -0.05) is 6.07 Å². The van der Waals surface area contributed by atoms with Gasteiger partial charge in [0.2, 0.25) is 5.95 Å². The number of nitriles is 1. The molecule has 1 aromatic carbocycles. The van der Waals surface area contributed by atoms with Crippen molar-refractivity contribution in [3.05, 3.63) is 54.6 Å². The van der Waals surface area contributed by atoms with Gasteiger partial charge in [-0.25, -0.2) is 19.7 Å². The van der Waals surface area contributed by atoms with Gasteiger partial charge in [-0.05, 0) is 50.6 Å². The minimum Gasteiger partial charge on any atom is -0.338 e. The van der Waals surface area contributed by atoms with Crippen LogP contribution >= 0.6 is 0 Å². The average Bonchev–Trinajstić information content (AvgIpc) is 3.21. The van der Waals surface area contributed by atoms with Gasteiger partial charge in [-0.3, -0.25) is 10.3 Å². The van der Waals surface area contributed by atoms with Crippen molar-refractivity contribution < 1.29 is 4.79 Å². The van der Waals surface area contributed by atoms with Gasteiger partial charge < -0.3 is 10.3 Å². The zero-order chi connectivity index (χ0) is 22.7. The molecule has 2 amide bonds. The van der Waals surface area contributed by atoms with Crippen LogP contribution in [0.3, 0.4) is 0 Å². The predicted molar refractivity (Wildman–Crippen MR) is 122 cm³/mol. The van der Waals surface area contributed by atoms with Gasteiger partial charge >= 0.3 is 6.03 Å². The summed E-state index contributed by atoms with van der Waals surface area (Å²) in [7, 11) is 0. The van der Waals surface area contributed by atoms with Crippen LogP contribution in [0.1, 0.15) is 26.5 Å². The summed E-state index contributed by atoms with van der Waals surface area (Å²) < 4.78 is 0. The number of rotatable bonds is 5. The Balaban J connectivity index is 1.82. The van der Waals surface area contributed by atoms with E-state index in [1.807, 2.05) is 45.0 Å². The van der Waals surface area contributed by atoms with Crippen LogP contribution in [0.4, 0.5) is 10.7 Å². The number of aromatic nitrogens is 5. The Bertz CT molecular complexity index is 1300. The van der Waals surface area contributed by atoms with Crippen LogP contribution in [0.2, 0.25) is 0 Å². The summed E-state index contributed by atoms with van der Waals surface area (Å²) in [6.07, 6.45) is 5.08. The minimum absolute atomic E-state index is 0.324. The first kappa shape index (κ1) is 20.9. The second-order valence-electron chi connectivity index (χ2n) is 7.73. The van der Waals surface area contributed by atoms with Crippen molar-refractivity contribution >= 4 is 23.0 Å². The SMILES string of the molecule is CCNC(=O)Nc1nc2c(-c3ncccn3)cc(-c3ccc(C(C)(C)C#N)nc3)cc2[nH]1. The molecule has 0 radical (unpaired) electrons. The van der Waals surface area contributed by atoms with Crippen molar-refractivity contribution in [2.24, 2.45) is 0 Å². The maximum atomic E-state index is 11.9. The van der Waals surface area contributed by atoms with Crippen LogP contribution in [-0.4, -0.2) is 37.5 Å². The van der Waals surface area contributed by atoms with E-state index in [2.05, 4.69) is 41.6 Å². The summed E-state index contributed by atoms with van der Waals surface area (Å²) in [4.78, 5) is 32.9. The molecule has 3 aromatic heterocycles. The Labute approximate surface area is 185 Å². The van der Waals surface area contributed by atoms with E-state index >= 15 is 0 Å². The molecular weight excluding hydrogens is 404 g/mol. The Morgan fingerprint density at radius 1 is 1.16 bits per heavy atom. The van der Waals surface area contributed by atoms with Crippen molar-refractivity contribution in [3.8, 4) is 28.6 Å². The summed E-state index contributed by atoms with van der Waals surface area (Å²) >= 11 is 0. The Hall–Kier alpha value is -4.32. The molecule has 0 unspecified atom stereocenters. The van der Waals surface area contributed by atoms with Gasteiger partial charge in [0.1, 0.15) is 5.52 Å². The Morgan fingerprint density at radius 2 is 1.94 bits per heavy atom. The second-order valence-corrected chi connectivity index (χ2v) is 7.73. The number of aromatic amines is 1. The summed E-state index contributed by atoms with van der Waals surface area (Å²) in [6.45, 7) is 6.01. The number of amides is 2. The maximum absolute atomic E-state index is 11.9. The van der Waals surface area contributed by atoms with Crippen molar-refractivity contribution in [1.29, 1.82) is 5.26 Å². The number of H-pyrrole nitrogens is 1. The Kier molecular flexibility index (Phi) is 5.52. The van der Waals surface area contributed by atoms with Crippen LogP contribution < -0.4 is 10.6 Å². The van der Waals surface area contributed by atoms with Crippen LogP contribution in [0.15, 0.2) is 48.9 Å². The van der Waals surface area contributed by atoms with Crippen LogP contribution in [0.5, 0.6) is 0 Å². The highest BCUT2D eigenvalue weighted by Crippen LogP contribution is 2.32. The Morgan fingerprint density at radius 3 is 2.59 bits per heavy atom. The molecule has 9 heteroatoms. The molecule has 9 nitrogen and oxygen atoms in total. The highest BCUT2D eigenvalue weighted by Gasteiger charge is 2.21. The topological polar surface area (TPSA) is 132 Å². The molecule has 0 aliphatic carbocycles. The fourth-order valence-corrected chi connectivity index (χ4v) is 3.26. The first-order chi connectivity index (χ1) is 15.4. The van der Waals surface area contributed by atoms with Crippen LogP contribution in [0, 0.1) is 11.3 Å². The molecule has 0 saturated heterocycles. The highest BCUT2D eigenvalue weighted by molar-refractivity contribution is 5.97. The maximum Gasteiger partial charge on any atom is 0.321 e. The monoisotopic (exact) mass is 426 g/mol. The number of nitrogens with zero attached hydrogens (tertiary/aromatic N) is 5. The van der Waals surface area contributed by atoms with E-state index < -0.39 is 5.41 Å². The molecule has 0 saturated carbocycles. The molecule has 160 valence electrons. The smallest absolute Gasteiger partial charge is 0.321 e. The lowest BCUT2D eigenvalue weighted by atomic mass is 9.90. The van der Waals surface area contributed by atoms with Crippen molar-refractivity contribution in [2.75, 3.05) is 11.9 Å². The number of imidazole rings is 1. The molecule has 3 N–H and O–H groups in total. The number of benzene rings is 1. The number of pyridine rings is 1. The number of hydrogen-bond donors (Lipinski definition) is 3. The number of anilines is 1. The third-order valence-electron chi connectivity index (χ3n) is 4.98. The standard InChI is InChI=1S/C23H22N8O/c1-4-25-22(32)31-21-29-17-11-15(14-6-7-18(28-12-14)23(2,3)13-24)10-16(19(17)30-21)20-26-8-5-9-27-20/h5-12H,4H2,1-3H3,(H3,25,29,30,31,32). The van der Waals surface area contributed by atoms with E-state index in [-0.39, 0.29) is 6.03 Å². The number of urea groups is 1. The second kappa shape index (κ2) is 8.43.